The number of carbonyl (C=O) groups excluding carboxylic acids is 1. The number of hydrogen-bond acceptors (Lipinski definition) is 7. The van der Waals surface area contributed by atoms with Crippen molar-refractivity contribution in [1.29, 1.82) is 0 Å². The Kier molecular flexibility index (Phi) is 8.26. The molecular weight excluding hydrogens is 523 g/mol. The number of nitro benzene ring substituents is 1. The third-order valence-electron chi connectivity index (χ3n) is 4.61. The van der Waals surface area contributed by atoms with Gasteiger partial charge in [-0.25, -0.2) is 4.79 Å². The number of likely N-dealkylation sites (N-methyl/N-ethyl adjacent to an activating group) is 1. The van der Waals surface area contributed by atoms with Crippen LogP contribution in [-0.2, 0) is 4.74 Å². The lowest BCUT2D eigenvalue weighted by atomic mass is 10.2. The molecule has 8 nitrogen and oxygen atoms in total. The molecule has 164 valence electrons. The number of rotatable bonds is 9. The van der Waals surface area contributed by atoms with E-state index in [-0.39, 0.29) is 18.3 Å². The fourth-order valence-corrected chi connectivity index (χ4v) is 3.23. The zero-order valence-corrected chi connectivity index (χ0v) is 19.5. The molecule has 0 aliphatic rings. The van der Waals surface area contributed by atoms with E-state index in [0.717, 1.165) is 15.8 Å². The van der Waals surface area contributed by atoms with Crippen LogP contribution >= 0.6 is 22.6 Å². The number of non-ortho nitro benzene ring substituents is 1. The Morgan fingerprint density at radius 1 is 0.969 bits per heavy atom. The second-order valence-electron chi connectivity index (χ2n) is 6.71. The van der Waals surface area contributed by atoms with Crippen molar-refractivity contribution in [1.82, 2.24) is 0 Å². The second kappa shape index (κ2) is 11.3. The van der Waals surface area contributed by atoms with E-state index < -0.39 is 4.92 Å². The molecule has 0 spiro atoms. The Hall–Kier alpha value is -3.34. The minimum atomic E-state index is -0.456. The van der Waals surface area contributed by atoms with Crippen molar-refractivity contribution >= 4 is 51.3 Å². The summed E-state index contributed by atoms with van der Waals surface area (Å²) in [6.07, 6.45) is 0. The maximum atomic E-state index is 12.1. The predicted octanol–water partition coefficient (Wildman–Crippen LogP) is 6.30. The van der Waals surface area contributed by atoms with Gasteiger partial charge in [-0.3, -0.25) is 10.1 Å². The minimum Gasteiger partial charge on any atom is -0.460 e. The highest BCUT2D eigenvalue weighted by Crippen LogP contribution is 2.23. The number of ether oxygens (including phenoxy) is 1. The number of nitro groups is 1. The number of carbonyl (C=O) groups is 1. The average Bonchev–Trinajstić information content (AvgIpc) is 2.81. The van der Waals surface area contributed by atoms with E-state index in [2.05, 4.69) is 37.7 Å². The Morgan fingerprint density at radius 2 is 1.53 bits per heavy atom. The van der Waals surface area contributed by atoms with Gasteiger partial charge in [-0.1, -0.05) is 0 Å². The lowest BCUT2D eigenvalue weighted by Gasteiger charge is -2.23. The molecule has 0 radical (unpaired) electrons. The molecule has 0 N–H and O–H groups in total. The molecule has 0 aliphatic carbocycles. The van der Waals surface area contributed by atoms with Crippen molar-refractivity contribution in [3.05, 3.63) is 92.0 Å². The fraction of sp³-hybridized carbons (Fsp3) is 0.174. The third kappa shape index (κ3) is 6.58. The summed E-state index contributed by atoms with van der Waals surface area (Å²) in [5, 5.41) is 19.0. The average molecular weight is 544 g/mol. The number of azo groups is 1. The molecule has 0 aliphatic heterocycles. The smallest absolute Gasteiger partial charge is 0.338 e. The van der Waals surface area contributed by atoms with Gasteiger partial charge in [0.2, 0.25) is 0 Å². The normalized spacial score (nSPS) is 10.8. The quantitative estimate of drug-likeness (QED) is 0.104. The highest BCUT2D eigenvalue weighted by Gasteiger charge is 2.09. The lowest BCUT2D eigenvalue weighted by Crippen LogP contribution is -2.27. The van der Waals surface area contributed by atoms with Crippen LogP contribution in [0.3, 0.4) is 0 Å². The van der Waals surface area contributed by atoms with Gasteiger partial charge in [-0.05, 0) is 90.2 Å². The van der Waals surface area contributed by atoms with Crippen LogP contribution in [-0.4, -0.2) is 30.6 Å². The number of benzene rings is 3. The lowest BCUT2D eigenvalue weighted by molar-refractivity contribution is -0.384. The molecule has 0 fully saturated rings. The van der Waals surface area contributed by atoms with E-state index in [1.54, 1.807) is 24.3 Å². The van der Waals surface area contributed by atoms with Crippen LogP contribution in [0.15, 0.2) is 83.0 Å². The topological polar surface area (TPSA) is 97.4 Å². The summed E-state index contributed by atoms with van der Waals surface area (Å²) in [4.78, 5) is 24.5. The number of esters is 1. The molecule has 0 heterocycles. The molecule has 0 saturated heterocycles. The number of halogens is 1. The van der Waals surface area contributed by atoms with Crippen LogP contribution in [0.4, 0.5) is 22.7 Å². The molecule has 3 aromatic rings. The first-order chi connectivity index (χ1) is 15.5. The van der Waals surface area contributed by atoms with Gasteiger partial charge in [0.25, 0.3) is 5.69 Å². The van der Waals surface area contributed by atoms with Gasteiger partial charge in [0.1, 0.15) is 6.61 Å². The van der Waals surface area contributed by atoms with Crippen LogP contribution < -0.4 is 4.90 Å². The Balaban J connectivity index is 1.54. The first-order valence-corrected chi connectivity index (χ1v) is 11.0. The maximum absolute atomic E-state index is 12.1. The molecule has 9 heteroatoms. The van der Waals surface area contributed by atoms with Crippen LogP contribution in [0.1, 0.15) is 17.3 Å². The van der Waals surface area contributed by atoms with Gasteiger partial charge in [-0.15, -0.1) is 0 Å². The predicted molar refractivity (Wildman–Crippen MR) is 131 cm³/mol. The molecule has 3 rings (SSSR count). The SMILES string of the molecule is CCN(CCOC(=O)c1ccc(I)cc1)c1ccc(N=Nc2ccc([N+](=O)[O-])cc2)cc1. The molecule has 0 amide bonds. The standard InChI is InChI=1S/C23H21IN4O4/c1-2-27(15-16-32-23(29)17-3-5-18(24)6-4-17)21-11-7-19(8-12-21)25-26-20-9-13-22(14-10-20)28(30)31/h3-14H,2,15-16H2,1H3. The molecule has 0 bridgehead atoms. The summed E-state index contributed by atoms with van der Waals surface area (Å²) in [6, 6.07) is 20.7. The monoisotopic (exact) mass is 544 g/mol. The molecular formula is C23H21IN4O4. The summed E-state index contributed by atoms with van der Waals surface area (Å²) >= 11 is 2.19. The van der Waals surface area contributed by atoms with Crippen molar-refractivity contribution in [3.8, 4) is 0 Å². The summed E-state index contributed by atoms with van der Waals surface area (Å²) < 4.78 is 6.46. The van der Waals surface area contributed by atoms with Crippen molar-refractivity contribution in [2.75, 3.05) is 24.6 Å². The summed E-state index contributed by atoms with van der Waals surface area (Å²) in [6.45, 7) is 3.63. The van der Waals surface area contributed by atoms with E-state index in [0.29, 0.717) is 23.5 Å². The van der Waals surface area contributed by atoms with E-state index in [1.165, 1.54) is 12.1 Å². The van der Waals surface area contributed by atoms with Crippen LogP contribution in [0.25, 0.3) is 0 Å². The Bertz CT molecular complexity index is 1080. The summed E-state index contributed by atoms with van der Waals surface area (Å²) in [5.41, 5.74) is 2.72. The molecule has 3 aromatic carbocycles. The van der Waals surface area contributed by atoms with E-state index in [9.17, 15) is 14.9 Å². The molecule has 0 unspecified atom stereocenters. The van der Waals surface area contributed by atoms with Gasteiger partial charge in [0.15, 0.2) is 0 Å². The highest BCUT2D eigenvalue weighted by molar-refractivity contribution is 14.1. The maximum Gasteiger partial charge on any atom is 0.338 e. The van der Waals surface area contributed by atoms with Crippen molar-refractivity contribution in [2.45, 2.75) is 6.92 Å². The largest absolute Gasteiger partial charge is 0.460 e. The van der Waals surface area contributed by atoms with Crippen molar-refractivity contribution in [2.24, 2.45) is 10.2 Å². The zero-order valence-electron chi connectivity index (χ0n) is 17.3. The number of hydrogen-bond donors (Lipinski definition) is 0. The molecule has 32 heavy (non-hydrogen) atoms. The van der Waals surface area contributed by atoms with E-state index in [4.69, 9.17) is 4.74 Å². The fourth-order valence-electron chi connectivity index (χ4n) is 2.87. The van der Waals surface area contributed by atoms with E-state index >= 15 is 0 Å². The third-order valence-corrected chi connectivity index (χ3v) is 5.33. The van der Waals surface area contributed by atoms with Gasteiger partial charge in [0, 0.05) is 27.9 Å². The summed E-state index contributed by atoms with van der Waals surface area (Å²) in [7, 11) is 0. The van der Waals surface area contributed by atoms with E-state index in [1.807, 2.05) is 43.3 Å². The van der Waals surface area contributed by atoms with Gasteiger partial charge < -0.3 is 9.64 Å². The summed E-state index contributed by atoms with van der Waals surface area (Å²) in [5.74, 6) is -0.334. The van der Waals surface area contributed by atoms with Crippen LogP contribution in [0.5, 0.6) is 0 Å². The Morgan fingerprint density at radius 3 is 2.06 bits per heavy atom. The zero-order chi connectivity index (χ0) is 22.9. The highest BCUT2D eigenvalue weighted by atomic mass is 127. The minimum absolute atomic E-state index is 0.0113. The van der Waals surface area contributed by atoms with Gasteiger partial charge in [-0.2, -0.15) is 10.2 Å². The Labute approximate surface area is 199 Å². The number of nitrogens with zero attached hydrogens (tertiary/aromatic N) is 4. The second-order valence-corrected chi connectivity index (χ2v) is 7.96. The molecule has 0 saturated carbocycles. The van der Waals surface area contributed by atoms with Gasteiger partial charge >= 0.3 is 5.97 Å². The van der Waals surface area contributed by atoms with Crippen LogP contribution in [0.2, 0.25) is 0 Å². The molecule has 0 aromatic heterocycles. The number of anilines is 1. The molecule has 0 atom stereocenters. The van der Waals surface area contributed by atoms with Gasteiger partial charge in [0.05, 0.1) is 28.4 Å². The van der Waals surface area contributed by atoms with Crippen molar-refractivity contribution in [3.63, 3.8) is 0 Å². The van der Waals surface area contributed by atoms with Crippen molar-refractivity contribution < 1.29 is 14.5 Å². The first-order valence-electron chi connectivity index (χ1n) is 9.90. The first kappa shape index (κ1) is 23.3. The van der Waals surface area contributed by atoms with Crippen LogP contribution in [0, 0.1) is 13.7 Å².